The second-order valence-electron chi connectivity index (χ2n) is 3.35. The average molecular weight is 220 g/mol. The average Bonchev–Trinajstić information content (AvgIpc) is 2.28. The molecule has 1 aliphatic heterocycles. The van der Waals surface area contributed by atoms with Crippen LogP contribution in [0, 0.1) is 0 Å². The summed E-state index contributed by atoms with van der Waals surface area (Å²) in [6.45, 7) is 2.02. The van der Waals surface area contributed by atoms with E-state index in [4.69, 9.17) is 4.74 Å². The van der Waals surface area contributed by atoms with Crippen LogP contribution in [-0.2, 0) is 9.53 Å². The normalized spacial score (nSPS) is 14.1. The SMILES string of the molecule is CCOC(=O)N1CC(=O)Nc2ccccc21. The molecule has 0 atom stereocenters. The van der Waals surface area contributed by atoms with Crippen LogP contribution in [0.1, 0.15) is 6.92 Å². The molecule has 0 saturated carbocycles. The number of amides is 2. The highest BCUT2D eigenvalue weighted by atomic mass is 16.6. The lowest BCUT2D eigenvalue weighted by molar-refractivity contribution is -0.115. The molecule has 0 aromatic heterocycles. The summed E-state index contributed by atoms with van der Waals surface area (Å²) < 4.78 is 4.89. The van der Waals surface area contributed by atoms with E-state index in [1.807, 2.05) is 6.07 Å². The second kappa shape index (κ2) is 4.22. The van der Waals surface area contributed by atoms with E-state index >= 15 is 0 Å². The van der Waals surface area contributed by atoms with Crippen molar-refractivity contribution in [3.05, 3.63) is 24.3 Å². The molecule has 0 fully saturated rings. The molecule has 0 aliphatic carbocycles. The van der Waals surface area contributed by atoms with Crippen molar-refractivity contribution in [1.82, 2.24) is 0 Å². The first-order valence-corrected chi connectivity index (χ1v) is 5.05. The van der Waals surface area contributed by atoms with Crippen LogP contribution in [0.5, 0.6) is 0 Å². The van der Waals surface area contributed by atoms with Gasteiger partial charge in [0.1, 0.15) is 6.54 Å². The van der Waals surface area contributed by atoms with Crippen molar-refractivity contribution in [2.45, 2.75) is 6.92 Å². The Kier molecular flexibility index (Phi) is 2.76. The number of nitrogens with one attached hydrogen (secondary N) is 1. The smallest absolute Gasteiger partial charge is 0.414 e. The molecule has 1 aliphatic rings. The number of nitrogens with zero attached hydrogens (tertiary/aromatic N) is 1. The number of hydrogen-bond donors (Lipinski definition) is 1. The first-order valence-electron chi connectivity index (χ1n) is 5.05. The minimum atomic E-state index is -0.496. The molecular formula is C11H12N2O3. The molecule has 5 heteroatoms. The van der Waals surface area contributed by atoms with Crippen LogP contribution in [0.4, 0.5) is 16.2 Å². The number of carbonyl (C=O) groups is 2. The Hall–Kier alpha value is -2.04. The Bertz CT molecular complexity index is 431. The maximum atomic E-state index is 11.6. The summed E-state index contributed by atoms with van der Waals surface area (Å²) in [4.78, 5) is 24.3. The van der Waals surface area contributed by atoms with Gasteiger partial charge in [0, 0.05) is 0 Å². The number of rotatable bonds is 1. The van der Waals surface area contributed by atoms with Crippen molar-refractivity contribution in [3.8, 4) is 0 Å². The lowest BCUT2D eigenvalue weighted by Gasteiger charge is -2.28. The van der Waals surface area contributed by atoms with Crippen LogP contribution in [0.25, 0.3) is 0 Å². The van der Waals surface area contributed by atoms with E-state index in [1.165, 1.54) is 4.90 Å². The monoisotopic (exact) mass is 220 g/mol. The maximum Gasteiger partial charge on any atom is 0.414 e. The Labute approximate surface area is 93.0 Å². The quantitative estimate of drug-likeness (QED) is 0.782. The summed E-state index contributed by atoms with van der Waals surface area (Å²) in [7, 11) is 0. The van der Waals surface area contributed by atoms with Crippen molar-refractivity contribution >= 4 is 23.4 Å². The molecule has 1 aromatic rings. The van der Waals surface area contributed by atoms with E-state index in [0.717, 1.165) is 0 Å². The molecular weight excluding hydrogens is 208 g/mol. The number of anilines is 2. The van der Waals surface area contributed by atoms with Gasteiger partial charge in [-0.3, -0.25) is 9.69 Å². The summed E-state index contributed by atoms with van der Waals surface area (Å²) in [5.74, 6) is -0.216. The fourth-order valence-corrected chi connectivity index (χ4v) is 1.60. The Balaban J connectivity index is 2.33. The van der Waals surface area contributed by atoms with Gasteiger partial charge in [0.2, 0.25) is 5.91 Å². The third-order valence-corrected chi connectivity index (χ3v) is 2.26. The lowest BCUT2D eigenvalue weighted by atomic mass is 10.2. The molecule has 0 unspecified atom stereocenters. The van der Waals surface area contributed by atoms with Gasteiger partial charge in [0.15, 0.2) is 0 Å². The Morgan fingerprint density at radius 1 is 1.50 bits per heavy atom. The van der Waals surface area contributed by atoms with Crippen molar-refractivity contribution in [2.75, 3.05) is 23.4 Å². The van der Waals surface area contributed by atoms with E-state index in [0.29, 0.717) is 18.0 Å². The van der Waals surface area contributed by atoms with Crippen molar-refractivity contribution < 1.29 is 14.3 Å². The predicted molar refractivity (Wildman–Crippen MR) is 59.4 cm³/mol. The van der Waals surface area contributed by atoms with Gasteiger partial charge in [0.05, 0.1) is 18.0 Å². The standard InChI is InChI=1S/C11H12N2O3/c1-2-16-11(15)13-7-10(14)12-8-5-3-4-6-9(8)13/h3-6H,2,7H2,1H3,(H,12,14). The van der Waals surface area contributed by atoms with E-state index < -0.39 is 6.09 Å². The first kappa shape index (κ1) is 10.5. The number of fused-ring (bicyclic) bond motifs is 1. The summed E-state index contributed by atoms with van der Waals surface area (Å²) in [5.41, 5.74) is 1.30. The van der Waals surface area contributed by atoms with Gasteiger partial charge in [-0.1, -0.05) is 12.1 Å². The zero-order chi connectivity index (χ0) is 11.5. The van der Waals surface area contributed by atoms with Gasteiger partial charge in [0.25, 0.3) is 0 Å². The third-order valence-electron chi connectivity index (χ3n) is 2.26. The predicted octanol–water partition coefficient (Wildman–Crippen LogP) is 1.60. The topological polar surface area (TPSA) is 58.6 Å². The van der Waals surface area contributed by atoms with Crippen LogP contribution < -0.4 is 10.2 Å². The largest absolute Gasteiger partial charge is 0.449 e. The number of para-hydroxylation sites is 2. The van der Waals surface area contributed by atoms with Gasteiger partial charge in [-0.05, 0) is 19.1 Å². The first-order chi connectivity index (χ1) is 7.72. The van der Waals surface area contributed by atoms with Crippen molar-refractivity contribution in [2.24, 2.45) is 0 Å². The molecule has 0 saturated heterocycles. The third kappa shape index (κ3) is 1.84. The van der Waals surface area contributed by atoms with Crippen LogP contribution in [0.15, 0.2) is 24.3 Å². The lowest BCUT2D eigenvalue weighted by Crippen LogP contribution is -2.42. The molecule has 84 valence electrons. The molecule has 2 rings (SSSR count). The molecule has 2 amide bonds. The maximum absolute atomic E-state index is 11.6. The molecule has 0 spiro atoms. The van der Waals surface area contributed by atoms with Crippen molar-refractivity contribution in [1.29, 1.82) is 0 Å². The van der Waals surface area contributed by atoms with E-state index in [9.17, 15) is 9.59 Å². The fourth-order valence-electron chi connectivity index (χ4n) is 1.60. The molecule has 0 bridgehead atoms. The van der Waals surface area contributed by atoms with Gasteiger partial charge in [-0.25, -0.2) is 4.79 Å². The molecule has 16 heavy (non-hydrogen) atoms. The summed E-state index contributed by atoms with van der Waals surface area (Å²) in [6.07, 6.45) is -0.496. The van der Waals surface area contributed by atoms with Crippen molar-refractivity contribution in [3.63, 3.8) is 0 Å². The van der Waals surface area contributed by atoms with E-state index in [1.54, 1.807) is 25.1 Å². The highest BCUT2D eigenvalue weighted by Gasteiger charge is 2.27. The van der Waals surface area contributed by atoms with E-state index in [-0.39, 0.29) is 12.5 Å². The fraction of sp³-hybridized carbons (Fsp3) is 0.273. The van der Waals surface area contributed by atoms with Crippen LogP contribution >= 0.6 is 0 Å². The number of ether oxygens (including phenoxy) is 1. The zero-order valence-electron chi connectivity index (χ0n) is 8.90. The molecule has 0 radical (unpaired) electrons. The van der Waals surface area contributed by atoms with Crippen LogP contribution in [-0.4, -0.2) is 25.2 Å². The summed E-state index contributed by atoms with van der Waals surface area (Å²) >= 11 is 0. The highest BCUT2D eigenvalue weighted by molar-refractivity contribution is 6.08. The molecule has 1 heterocycles. The zero-order valence-corrected chi connectivity index (χ0v) is 8.90. The van der Waals surface area contributed by atoms with Crippen LogP contribution in [0.2, 0.25) is 0 Å². The van der Waals surface area contributed by atoms with Crippen LogP contribution in [0.3, 0.4) is 0 Å². The Morgan fingerprint density at radius 2 is 2.25 bits per heavy atom. The minimum Gasteiger partial charge on any atom is -0.449 e. The number of hydrogen-bond acceptors (Lipinski definition) is 3. The Morgan fingerprint density at radius 3 is 3.00 bits per heavy atom. The highest BCUT2D eigenvalue weighted by Crippen LogP contribution is 2.29. The number of carbonyl (C=O) groups excluding carboxylic acids is 2. The molecule has 1 N–H and O–H groups in total. The van der Waals surface area contributed by atoms with Gasteiger partial charge in [-0.15, -0.1) is 0 Å². The van der Waals surface area contributed by atoms with Gasteiger partial charge < -0.3 is 10.1 Å². The summed E-state index contributed by atoms with van der Waals surface area (Å²) in [5, 5.41) is 2.70. The van der Waals surface area contributed by atoms with E-state index in [2.05, 4.69) is 5.32 Å². The minimum absolute atomic E-state index is 0.00412. The molecule has 1 aromatic carbocycles. The van der Waals surface area contributed by atoms with Gasteiger partial charge >= 0.3 is 6.09 Å². The number of benzene rings is 1. The van der Waals surface area contributed by atoms with Gasteiger partial charge in [-0.2, -0.15) is 0 Å². The summed E-state index contributed by atoms with van der Waals surface area (Å²) in [6, 6.07) is 7.13. The molecule has 5 nitrogen and oxygen atoms in total. The second-order valence-corrected chi connectivity index (χ2v) is 3.35.